The molecular weight excluding hydrogens is 349 g/mol. The van der Waals surface area contributed by atoms with Crippen LogP contribution < -0.4 is 20.7 Å². The van der Waals surface area contributed by atoms with Crippen LogP contribution in [0.15, 0.2) is 18.2 Å². The maximum absolute atomic E-state index is 12.3. The lowest BCUT2D eigenvalue weighted by molar-refractivity contribution is -0.126. The molecule has 2 atom stereocenters. The monoisotopic (exact) mass is 375 g/mol. The molecule has 1 amide bonds. The summed E-state index contributed by atoms with van der Waals surface area (Å²) in [6.07, 6.45) is 2.44. The Morgan fingerprint density at radius 3 is 2.88 bits per heavy atom. The van der Waals surface area contributed by atoms with E-state index in [4.69, 9.17) is 22.1 Å². The van der Waals surface area contributed by atoms with E-state index in [0.717, 1.165) is 37.4 Å². The molecule has 1 saturated heterocycles. The van der Waals surface area contributed by atoms with Gasteiger partial charge in [0.25, 0.3) is 0 Å². The number of carbonyl (C=O) groups excluding carboxylic acids is 1. The molecule has 0 aromatic heterocycles. The third-order valence-electron chi connectivity index (χ3n) is 4.29. The number of nitrogens with zero attached hydrogens (tertiary/aromatic N) is 1. The summed E-state index contributed by atoms with van der Waals surface area (Å²) in [6, 6.07) is 5.66. The van der Waals surface area contributed by atoms with E-state index >= 15 is 0 Å². The van der Waals surface area contributed by atoms with Gasteiger partial charge in [0.1, 0.15) is 5.75 Å². The summed E-state index contributed by atoms with van der Waals surface area (Å²) in [5.74, 6) is 0.709. The number of methoxy groups -OCH3 is 1. The summed E-state index contributed by atoms with van der Waals surface area (Å²) >= 11 is 6.10. The lowest BCUT2D eigenvalue weighted by Crippen LogP contribution is -2.54. The zero-order valence-electron chi connectivity index (χ0n) is 14.5. The van der Waals surface area contributed by atoms with E-state index in [1.165, 1.54) is 0 Å². The van der Waals surface area contributed by atoms with Crippen LogP contribution in [0, 0.1) is 0 Å². The van der Waals surface area contributed by atoms with Crippen molar-refractivity contribution in [1.29, 1.82) is 0 Å². The van der Waals surface area contributed by atoms with Gasteiger partial charge >= 0.3 is 0 Å². The van der Waals surface area contributed by atoms with E-state index in [1.807, 2.05) is 25.1 Å². The molecule has 1 heterocycles. The molecule has 5 nitrogen and oxygen atoms in total. The molecule has 7 heteroatoms. The van der Waals surface area contributed by atoms with Gasteiger partial charge in [-0.1, -0.05) is 24.9 Å². The van der Waals surface area contributed by atoms with Crippen LogP contribution in [0.2, 0.25) is 5.02 Å². The van der Waals surface area contributed by atoms with Gasteiger partial charge in [0.15, 0.2) is 0 Å². The van der Waals surface area contributed by atoms with Crippen molar-refractivity contribution in [1.82, 2.24) is 5.32 Å². The number of halogens is 2. The number of rotatable bonds is 6. The van der Waals surface area contributed by atoms with Crippen LogP contribution in [-0.4, -0.2) is 37.7 Å². The molecule has 1 aromatic rings. The molecule has 24 heavy (non-hydrogen) atoms. The predicted molar refractivity (Wildman–Crippen MR) is 102 cm³/mol. The van der Waals surface area contributed by atoms with Gasteiger partial charge in [-0.3, -0.25) is 4.79 Å². The second-order valence-corrected chi connectivity index (χ2v) is 6.83. The summed E-state index contributed by atoms with van der Waals surface area (Å²) in [5.41, 5.74) is 6.25. The Bertz CT molecular complexity index is 567. The first kappa shape index (κ1) is 20.9. The first-order valence-corrected chi connectivity index (χ1v) is 8.43. The topological polar surface area (TPSA) is 67.6 Å². The fourth-order valence-corrected chi connectivity index (χ4v) is 3.16. The molecule has 1 fully saturated rings. The van der Waals surface area contributed by atoms with Crippen molar-refractivity contribution in [3.8, 4) is 5.75 Å². The zero-order valence-corrected chi connectivity index (χ0v) is 16.0. The molecule has 0 bridgehead atoms. The molecule has 0 radical (unpaired) electrons. The molecule has 0 saturated carbocycles. The van der Waals surface area contributed by atoms with Crippen molar-refractivity contribution >= 4 is 35.6 Å². The Morgan fingerprint density at radius 1 is 1.54 bits per heavy atom. The van der Waals surface area contributed by atoms with Crippen molar-refractivity contribution in [2.24, 2.45) is 5.73 Å². The fourth-order valence-electron chi connectivity index (χ4n) is 2.99. The minimum absolute atomic E-state index is 0. The second-order valence-electron chi connectivity index (χ2n) is 6.39. The molecule has 2 unspecified atom stereocenters. The smallest absolute Gasteiger partial charge is 0.240 e. The molecule has 0 spiro atoms. The van der Waals surface area contributed by atoms with Gasteiger partial charge in [0.05, 0.1) is 18.3 Å². The second kappa shape index (κ2) is 8.79. The van der Waals surface area contributed by atoms with E-state index in [2.05, 4.69) is 10.2 Å². The number of nitrogens with two attached hydrogens (primary N) is 1. The number of benzene rings is 1. The lowest BCUT2D eigenvalue weighted by atomic mass is 9.96. The fraction of sp³-hybridized carbons (Fsp3) is 0.588. The Labute approximate surface area is 155 Å². The van der Waals surface area contributed by atoms with Gasteiger partial charge in [-0.05, 0) is 38.0 Å². The quantitative estimate of drug-likeness (QED) is 0.801. The number of carbonyl (C=O) groups is 1. The highest BCUT2D eigenvalue weighted by atomic mass is 35.5. The highest BCUT2D eigenvalue weighted by Crippen LogP contribution is 2.33. The van der Waals surface area contributed by atoms with Crippen LogP contribution in [0.1, 0.15) is 33.1 Å². The molecule has 1 aromatic carbocycles. The number of anilines is 1. The number of amides is 1. The van der Waals surface area contributed by atoms with Crippen LogP contribution in [-0.2, 0) is 4.79 Å². The first-order valence-electron chi connectivity index (χ1n) is 8.05. The van der Waals surface area contributed by atoms with E-state index in [0.29, 0.717) is 11.4 Å². The largest absolute Gasteiger partial charge is 0.495 e. The maximum atomic E-state index is 12.3. The summed E-state index contributed by atoms with van der Waals surface area (Å²) in [5, 5.41) is 3.75. The SMILES string of the molecule is CCCC(C)(N)C(=O)NC1CCN(c2cc(Cl)ccc2OC)C1.Cl. The van der Waals surface area contributed by atoms with Crippen LogP contribution in [0.4, 0.5) is 5.69 Å². The maximum Gasteiger partial charge on any atom is 0.240 e. The lowest BCUT2D eigenvalue weighted by Gasteiger charge is -2.26. The number of ether oxygens (including phenoxy) is 1. The third-order valence-corrected chi connectivity index (χ3v) is 4.53. The van der Waals surface area contributed by atoms with Crippen molar-refractivity contribution in [2.45, 2.75) is 44.7 Å². The Kier molecular flexibility index (Phi) is 7.64. The number of hydrogen-bond donors (Lipinski definition) is 2. The van der Waals surface area contributed by atoms with Crippen molar-refractivity contribution < 1.29 is 9.53 Å². The molecule has 0 aliphatic carbocycles. The van der Waals surface area contributed by atoms with Gasteiger partial charge in [0, 0.05) is 24.2 Å². The summed E-state index contributed by atoms with van der Waals surface area (Å²) in [4.78, 5) is 14.5. The van der Waals surface area contributed by atoms with Gasteiger partial charge in [-0.15, -0.1) is 12.4 Å². The molecule has 3 N–H and O–H groups in total. The zero-order chi connectivity index (χ0) is 17.0. The van der Waals surface area contributed by atoms with E-state index in [-0.39, 0.29) is 24.4 Å². The van der Waals surface area contributed by atoms with Crippen LogP contribution in [0.5, 0.6) is 5.75 Å². The molecule has 1 aliphatic heterocycles. The molecular formula is C17H27Cl2N3O2. The number of hydrogen-bond acceptors (Lipinski definition) is 4. The Hall–Kier alpha value is -1.17. The van der Waals surface area contributed by atoms with Gasteiger partial charge in [-0.2, -0.15) is 0 Å². The average Bonchev–Trinajstić information content (AvgIpc) is 2.95. The van der Waals surface area contributed by atoms with Gasteiger partial charge in [0.2, 0.25) is 5.91 Å². The van der Waals surface area contributed by atoms with Crippen molar-refractivity contribution in [3.05, 3.63) is 23.2 Å². The molecule has 2 rings (SSSR count). The van der Waals surface area contributed by atoms with E-state index in [9.17, 15) is 4.79 Å². The minimum atomic E-state index is -0.810. The number of nitrogens with one attached hydrogen (secondary N) is 1. The van der Waals surface area contributed by atoms with Gasteiger partial charge in [-0.25, -0.2) is 0 Å². The predicted octanol–water partition coefficient (Wildman–Crippen LogP) is 2.98. The minimum Gasteiger partial charge on any atom is -0.495 e. The van der Waals surface area contributed by atoms with Crippen molar-refractivity contribution in [2.75, 3.05) is 25.1 Å². The summed E-state index contributed by atoms with van der Waals surface area (Å²) in [6.45, 7) is 5.39. The van der Waals surface area contributed by atoms with Crippen LogP contribution in [0.3, 0.4) is 0 Å². The Balaban J connectivity index is 0.00000288. The summed E-state index contributed by atoms with van der Waals surface area (Å²) in [7, 11) is 1.65. The normalized spacial score (nSPS) is 19.4. The van der Waals surface area contributed by atoms with E-state index < -0.39 is 5.54 Å². The molecule has 1 aliphatic rings. The first-order chi connectivity index (χ1) is 10.9. The molecule has 136 valence electrons. The highest BCUT2D eigenvalue weighted by molar-refractivity contribution is 6.30. The Morgan fingerprint density at radius 2 is 2.25 bits per heavy atom. The highest BCUT2D eigenvalue weighted by Gasteiger charge is 2.32. The van der Waals surface area contributed by atoms with Crippen LogP contribution >= 0.6 is 24.0 Å². The average molecular weight is 376 g/mol. The van der Waals surface area contributed by atoms with Gasteiger partial charge < -0.3 is 20.7 Å². The standard InChI is InChI=1S/C17H26ClN3O2.ClH/c1-4-8-17(2,19)16(22)20-13-7-9-21(11-13)14-10-12(18)5-6-15(14)23-3;/h5-6,10,13H,4,7-9,11,19H2,1-3H3,(H,20,22);1H. The van der Waals surface area contributed by atoms with Crippen LogP contribution in [0.25, 0.3) is 0 Å². The van der Waals surface area contributed by atoms with E-state index in [1.54, 1.807) is 14.0 Å². The third kappa shape index (κ3) is 4.91. The van der Waals surface area contributed by atoms with Crippen molar-refractivity contribution in [3.63, 3.8) is 0 Å². The summed E-state index contributed by atoms with van der Waals surface area (Å²) < 4.78 is 5.41.